The molecule has 1 saturated carbocycles. The number of carbonyl (C=O) groups is 1. The first-order valence-electron chi connectivity index (χ1n) is 22.1. The quantitative estimate of drug-likeness (QED) is 0.0255. The molecule has 0 radical (unpaired) electrons. The van der Waals surface area contributed by atoms with Crippen molar-refractivity contribution in [1.82, 2.24) is 4.90 Å². The number of amides is 1. The molecule has 1 fully saturated rings. The average Bonchev–Trinajstić information content (AvgIpc) is 3.32. The fraction of sp³-hybridized carbons (Fsp3) is 0.400. The van der Waals surface area contributed by atoms with E-state index in [1.54, 1.807) is 47.4 Å². The summed E-state index contributed by atoms with van der Waals surface area (Å²) in [5, 5.41) is 36.5. The molecular weight excluding hydrogens is 857 g/mol. The zero-order valence-electron chi connectivity index (χ0n) is 36.1. The van der Waals surface area contributed by atoms with E-state index in [1.807, 2.05) is 36.4 Å². The van der Waals surface area contributed by atoms with Crippen molar-refractivity contribution in [3.05, 3.63) is 154 Å². The highest BCUT2D eigenvalue weighted by atomic mass is 35.5. The molecule has 3 aliphatic rings. The van der Waals surface area contributed by atoms with Gasteiger partial charge < -0.3 is 34.0 Å². The minimum absolute atomic E-state index is 0.0181. The maximum Gasteiger partial charge on any atom is 0.410 e. The summed E-state index contributed by atoms with van der Waals surface area (Å²) in [4.78, 5) is 33.5. The molecule has 6 unspecified atom stereocenters. The number of alkyl halides is 1. The minimum atomic E-state index is -1.61. The molecule has 4 aromatic carbocycles. The van der Waals surface area contributed by atoms with E-state index in [4.69, 9.17) is 40.5 Å². The first kappa shape index (κ1) is 47.2. The summed E-state index contributed by atoms with van der Waals surface area (Å²) in [7, 11) is 0. The molecule has 1 amide bonds. The van der Waals surface area contributed by atoms with Crippen LogP contribution in [0.3, 0.4) is 0 Å². The number of allylic oxidation sites excluding steroid dienone is 1. The molecule has 2 N–H and O–H groups in total. The van der Waals surface area contributed by atoms with Crippen LogP contribution in [-0.4, -0.2) is 76.0 Å². The summed E-state index contributed by atoms with van der Waals surface area (Å²) in [5.74, 6) is -1.97. The zero-order chi connectivity index (χ0) is 45.8. The van der Waals surface area contributed by atoms with Crippen LogP contribution >= 0.6 is 11.6 Å². The second-order valence-corrected chi connectivity index (χ2v) is 16.8. The number of aliphatic hydroxyl groups excluding tert-OH is 2. The normalized spacial score (nSPS) is 22.4. The van der Waals surface area contributed by atoms with E-state index in [0.29, 0.717) is 48.5 Å². The first-order chi connectivity index (χ1) is 31.7. The number of oxime groups is 1. The van der Waals surface area contributed by atoms with Gasteiger partial charge in [-0.1, -0.05) is 78.7 Å². The zero-order valence-corrected chi connectivity index (χ0v) is 36.9. The smallest absolute Gasteiger partial charge is 0.410 e. The number of rotatable bonds is 22. The first-order valence-corrected chi connectivity index (χ1v) is 22.6. The molecule has 1 aliphatic heterocycles. The molecule has 15 heteroatoms. The van der Waals surface area contributed by atoms with Crippen LogP contribution in [0.1, 0.15) is 67.6 Å². The molecular formula is C50H55ClFN3O10. The summed E-state index contributed by atoms with van der Waals surface area (Å²) in [6.07, 6.45) is 7.33. The van der Waals surface area contributed by atoms with Gasteiger partial charge in [0, 0.05) is 43.7 Å². The highest BCUT2D eigenvalue weighted by Crippen LogP contribution is 2.62. The molecule has 1 heterocycles. The average molecular weight is 912 g/mol. The standard InChI is InChI=1S/C50H55ClFN3O10/c1-2-26-62-50-46(54(49(58)61-27-23-51)32-34-17-19-37(52)20-18-34)31-44(53-63-33-35-11-4-3-5-12-35)42-28-36(13-6-8-24-56)41(16-7-9-25-57)47(48(42)50)43-30-40(21-22-45(43)65-50)64-39-15-10-14-38(29-39)55(59)60/h2-5,10-12,14-15,17-22,28-30,36,41,46-48,56-57H,1,6-9,13,16,23-27,31-33H2. The van der Waals surface area contributed by atoms with Crippen LogP contribution in [-0.2, 0) is 27.5 Å². The summed E-state index contributed by atoms with van der Waals surface area (Å²) in [6, 6.07) is 26.0. The highest BCUT2D eigenvalue weighted by molar-refractivity contribution is 6.18. The van der Waals surface area contributed by atoms with Gasteiger partial charge in [0.1, 0.15) is 42.3 Å². The Morgan fingerprint density at radius 2 is 1.72 bits per heavy atom. The van der Waals surface area contributed by atoms with Gasteiger partial charge in [-0.2, -0.15) is 0 Å². The van der Waals surface area contributed by atoms with E-state index < -0.39 is 34.6 Å². The van der Waals surface area contributed by atoms with Crippen LogP contribution in [0.4, 0.5) is 14.9 Å². The van der Waals surface area contributed by atoms with Crippen molar-refractivity contribution < 1.29 is 48.1 Å². The molecule has 0 aromatic heterocycles. The summed E-state index contributed by atoms with van der Waals surface area (Å²) < 4.78 is 40.7. The van der Waals surface area contributed by atoms with Crippen molar-refractivity contribution in [1.29, 1.82) is 0 Å². The Hall–Kier alpha value is -5.80. The number of aliphatic hydroxyl groups is 2. The number of nitrogens with zero attached hydrogens (tertiary/aromatic N) is 3. The number of benzene rings is 4. The summed E-state index contributed by atoms with van der Waals surface area (Å²) in [6.45, 7) is 4.16. The Morgan fingerprint density at radius 3 is 2.45 bits per heavy atom. The number of nitro benzene ring substituents is 1. The molecule has 0 bridgehead atoms. The second kappa shape index (κ2) is 22.4. The van der Waals surface area contributed by atoms with E-state index in [0.717, 1.165) is 29.5 Å². The van der Waals surface area contributed by atoms with Crippen molar-refractivity contribution in [2.24, 2.45) is 22.9 Å². The lowest BCUT2D eigenvalue weighted by Crippen LogP contribution is -2.70. The van der Waals surface area contributed by atoms with Gasteiger partial charge in [0.25, 0.3) is 5.69 Å². The number of unbranched alkanes of at least 4 members (excludes halogenated alkanes) is 2. The summed E-state index contributed by atoms with van der Waals surface area (Å²) >= 11 is 6.07. The van der Waals surface area contributed by atoms with Crippen LogP contribution in [0.2, 0.25) is 0 Å². The molecule has 344 valence electrons. The Labute approximate surface area is 383 Å². The number of non-ortho nitro benzene ring substituents is 1. The summed E-state index contributed by atoms with van der Waals surface area (Å²) in [5.41, 5.74) is 3.60. The highest BCUT2D eigenvalue weighted by Gasteiger charge is 2.65. The number of hydrogen-bond acceptors (Lipinski definition) is 11. The minimum Gasteiger partial charge on any atom is -0.459 e. The van der Waals surface area contributed by atoms with E-state index in [2.05, 4.69) is 12.7 Å². The maximum absolute atomic E-state index is 14.5. The number of hydrogen-bond donors (Lipinski definition) is 2. The van der Waals surface area contributed by atoms with Gasteiger partial charge in [-0.15, -0.1) is 18.2 Å². The third-order valence-electron chi connectivity index (χ3n) is 12.3. The van der Waals surface area contributed by atoms with Gasteiger partial charge in [-0.25, -0.2) is 9.18 Å². The van der Waals surface area contributed by atoms with E-state index in [1.165, 1.54) is 24.3 Å². The van der Waals surface area contributed by atoms with E-state index >= 15 is 0 Å². The topological polar surface area (TPSA) is 162 Å². The SMILES string of the molecule is C=CCOC12Oc3ccc(Oc4cccc([N+](=O)[O-])c4)cc3C3C(CCCCO)C(CCCCO)C=C(C(=NOCc4ccccc4)CC1N(Cc1ccc(F)cc1)C(=O)OCCCl)C32. The van der Waals surface area contributed by atoms with Crippen LogP contribution in [0.5, 0.6) is 17.2 Å². The Kier molecular flexibility index (Phi) is 16.3. The van der Waals surface area contributed by atoms with E-state index in [9.17, 15) is 29.5 Å². The Bertz CT molecular complexity index is 2310. The number of ether oxygens (including phenoxy) is 4. The van der Waals surface area contributed by atoms with Crippen molar-refractivity contribution in [3.8, 4) is 17.2 Å². The molecule has 65 heavy (non-hydrogen) atoms. The van der Waals surface area contributed by atoms with Crippen LogP contribution in [0.25, 0.3) is 0 Å². The number of fused-ring (bicyclic) bond motifs is 2. The lowest BCUT2D eigenvalue weighted by molar-refractivity contribution is -0.384. The largest absolute Gasteiger partial charge is 0.459 e. The van der Waals surface area contributed by atoms with Gasteiger partial charge in [0.15, 0.2) is 0 Å². The maximum atomic E-state index is 14.5. The van der Waals surface area contributed by atoms with E-state index in [-0.39, 0.29) is 81.1 Å². The number of nitro groups is 1. The third-order valence-corrected chi connectivity index (χ3v) is 12.5. The van der Waals surface area contributed by atoms with Gasteiger partial charge in [0.2, 0.25) is 5.79 Å². The molecule has 2 aliphatic carbocycles. The third kappa shape index (κ3) is 11.0. The fourth-order valence-corrected chi connectivity index (χ4v) is 9.64. The Morgan fingerprint density at radius 1 is 0.969 bits per heavy atom. The number of carbonyl (C=O) groups excluding carboxylic acids is 1. The predicted octanol–water partition coefficient (Wildman–Crippen LogP) is 10.2. The number of halogens is 2. The monoisotopic (exact) mass is 911 g/mol. The van der Waals surface area contributed by atoms with Crippen molar-refractivity contribution >= 4 is 29.1 Å². The van der Waals surface area contributed by atoms with Gasteiger partial charge in [-0.05, 0) is 90.6 Å². The predicted molar refractivity (Wildman–Crippen MR) is 243 cm³/mol. The molecule has 4 aromatic rings. The molecule has 0 spiro atoms. The van der Waals surface area contributed by atoms with Crippen LogP contribution in [0.15, 0.2) is 127 Å². The van der Waals surface area contributed by atoms with Gasteiger partial charge in [0.05, 0.1) is 35.1 Å². The van der Waals surface area contributed by atoms with Crippen molar-refractivity contribution in [3.63, 3.8) is 0 Å². The van der Waals surface area contributed by atoms with Gasteiger partial charge in [-0.3, -0.25) is 15.0 Å². The lowest BCUT2D eigenvalue weighted by Gasteiger charge is -2.59. The lowest BCUT2D eigenvalue weighted by atomic mass is 9.55. The van der Waals surface area contributed by atoms with Crippen molar-refractivity contribution in [2.75, 3.05) is 32.3 Å². The Balaban J connectivity index is 1.45. The second-order valence-electron chi connectivity index (χ2n) is 16.4. The van der Waals surface area contributed by atoms with Crippen LogP contribution < -0.4 is 9.47 Å². The molecule has 7 rings (SSSR count). The molecule has 13 nitrogen and oxygen atoms in total. The molecule has 0 saturated heterocycles. The van der Waals surface area contributed by atoms with Crippen LogP contribution in [0, 0.1) is 33.7 Å². The fourth-order valence-electron chi connectivity index (χ4n) is 9.56. The van der Waals surface area contributed by atoms with Crippen molar-refractivity contribution in [2.45, 2.75) is 75.8 Å². The van der Waals surface area contributed by atoms with Gasteiger partial charge >= 0.3 is 6.09 Å². The molecule has 6 atom stereocenters.